The molecule has 2 heterocycles. The first-order valence-electron chi connectivity index (χ1n) is 10.6. The van der Waals surface area contributed by atoms with Gasteiger partial charge in [0.15, 0.2) is 0 Å². The van der Waals surface area contributed by atoms with E-state index < -0.39 is 0 Å². The number of likely N-dealkylation sites (tertiary alicyclic amines) is 1. The summed E-state index contributed by atoms with van der Waals surface area (Å²) in [5.41, 5.74) is 0.540. The lowest BCUT2D eigenvalue weighted by Gasteiger charge is -2.42. The van der Waals surface area contributed by atoms with E-state index in [1.54, 1.807) is 0 Å². The van der Waals surface area contributed by atoms with Gasteiger partial charge in [-0.3, -0.25) is 14.7 Å². The highest BCUT2D eigenvalue weighted by Gasteiger charge is 2.34. The Balaban J connectivity index is 1.58. The Bertz CT molecular complexity index is 411. The fraction of sp³-hybridized carbons (Fsp3) is 1.00. The molecule has 154 valence electrons. The predicted molar refractivity (Wildman–Crippen MR) is 111 cm³/mol. The summed E-state index contributed by atoms with van der Waals surface area (Å²) >= 11 is 0. The molecule has 0 radical (unpaired) electrons. The SMILES string of the molecule is CN(C)C1CCN(C(C)(C)CCOCCN2CCN(C(C)(C)C)CC2)C1. The first-order valence-corrected chi connectivity index (χ1v) is 10.6. The smallest absolute Gasteiger partial charge is 0.0593 e. The largest absolute Gasteiger partial charge is 0.380 e. The summed E-state index contributed by atoms with van der Waals surface area (Å²) in [7, 11) is 4.40. The van der Waals surface area contributed by atoms with Crippen molar-refractivity contribution in [1.29, 1.82) is 0 Å². The van der Waals surface area contributed by atoms with Crippen LogP contribution in [0.1, 0.15) is 47.5 Å². The molecule has 0 saturated carbocycles. The van der Waals surface area contributed by atoms with E-state index in [4.69, 9.17) is 4.74 Å². The summed E-state index contributed by atoms with van der Waals surface area (Å²) in [5, 5.41) is 0. The van der Waals surface area contributed by atoms with Crippen molar-refractivity contribution in [2.24, 2.45) is 0 Å². The van der Waals surface area contributed by atoms with Crippen LogP contribution in [0, 0.1) is 0 Å². The van der Waals surface area contributed by atoms with Crippen LogP contribution in [0.2, 0.25) is 0 Å². The summed E-state index contributed by atoms with van der Waals surface area (Å²) in [6, 6.07) is 0.710. The molecular weight excluding hydrogens is 324 g/mol. The maximum atomic E-state index is 6.01. The minimum Gasteiger partial charge on any atom is -0.380 e. The second kappa shape index (κ2) is 9.33. The second-order valence-electron chi connectivity index (χ2n) is 10.0. The van der Waals surface area contributed by atoms with Gasteiger partial charge in [0.25, 0.3) is 0 Å². The molecule has 0 aromatic carbocycles. The number of rotatable bonds is 8. The van der Waals surface area contributed by atoms with Crippen molar-refractivity contribution in [3.63, 3.8) is 0 Å². The van der Waals surface area contributed by atoms with E-state index in [-0.39, 0.29) is 5.54 Å². The normalized spacial score (nSPS) is 24.7. The third kappa shape index (κ3) is 6.45. The molecule has 2 rings (SSSR count). The van der Waals surface area contributed by atoms with Gasteiger partial charge >= 0.3 is 0 Å². The van der Waals surface area contributed by atoms with Crippen molar-refractivity contribution < 1.29 is 4.74 Å². The van der Waals surface area contributed by atoms with E-state index >= 15 is 0 Å². The lowest BCUT2D eigenvalue weighted by Crippen LogP contribution is -2.53. The van der Waals surface area contributed by atoms with E-state index in [1.807, 2.05) is 0 Å². The number of hydrogen-bond donors (Lipinski definition) is 0. The maximum absolute atomic E-state index is 6.01. The monoisotopic (exact) mass is 368 g/mol. The Labute approximate surface area is 162 Å². The molecule has 0 aliphatic carbocycles. The van der Waals surface area contributed by atoms with E-state index in [0.717, 1.165) is 26.2 Å². The molecule has 26 heavy (non-hydrogen) atoms. The van der Waals surface area contributed by atoms with Crippen molar-refractivity contribution >= 4 is 0 Å². The van der Waals surface area contributed by atoms with Crippen LogP contribution >= 0.6 is 0 Å². The molecule has 0 amide bonds. The summed E-state index contributed by atoms with van der Waals surface area (Å²) in [5.74, 6) is 0. The average molecular weight is 369 g/mol. The molecule has 0 bridgehead atoms. The number of nitrogens with zero attached hydrogens (tertiary/aromatic N) is 4. The lowest BCUT2D eigenvalue weighted by atomic mass is 9.99. The molecule has 0 spiro atoms. The van der Waals surface area contributed by atoms with Crippen LogP contribution in [0.25, 0.3) is 0 Å². The highest BCUT2D eigenvalue weighted by Crippen LogP contribution is 2.25. The highest BCUT2D eigenvalue weighted by molar-refractivity contribution is 4.90. The van der Waals surface area contributed by atoms with Crippen molar-refractivity contribution in [1.82, 2.24) is 19.6 Å². The van der Waals surface area contributed by atoms with Gasteiger partial charge in [0.05, 0.1) is 6.61 Å². The molecule has 2 fully saturated rings. The van der Waals surface area contributed by atoms with Gasteiger partial charge in [0.2, 0.25) is 0 Å². The zero-order valence-corrected chi connectivity index (χ0v) is 18.6. The molecule has 2 saturated heterocycles. The van der Waals surface area contributed by atoms with Gasteiger partial charge < -0.3 is 9.64 Å². The molecule has 0 aromatic heterocycles. The number of piperazine rings is 1. The molecule has 2 aliphatic heterocycles. The van der Waals surface area contributed by atoms with Crippen LogP contribution in [0.15, 0.2) is 0 Å². The Morgan fingerprint density at radius 3 is 2.08 bits per heavy atom. The van der Waals surface area contributed by atoms with Crippen molar-refractivity contribution in [2.75, 3.05) is 73.1 Å². The lowest BCUT2D eigenvalue weighted by molar-refractivity contribution is 0.0309. The van der Waals surface area contributed by atoms with Gasteiger partial charge in [-0.2, -0.15) is 0 Å². The molecule has 5 heteroatoms. The first kappa shape index (κ1) is 22.1. The molecule has 1 unspecified atom stereocenters. The number of ether oxygens (including phenoxy) is 1. The van der Waals surface area contributed by atoms with Crippen LogP contribution in [-0.2, 0) is 4.74 Å². The third-order valence-corrected chi connectivity index (χ3v) is 6.48. The van der Waals surface area contributed by atoms with Crippen LogP contribution in [0.5, 0.6) is 0 Å². The molecule has 1 atom stereocenters. The van der Waals surface area contributed by atoms with Gasteiger partial charge in [-0.15, -0.1) is 0 Å². The van der Waals surface area contributed by atoms with Gasteiger partial charge in [-0.25, -0.2) is 0 Å². The van der Waals surface area contributed by atoms with Crippen molar-refractivity contribution in [2.45, 2.75) is 64.6 Å². The summed E-state index contributed by atoms with van der Waals surface area (Å²) in [6.07, 6.45) is 2.41. The average Bonchev–Trinajstić information content (AvgIpc) is 3.05. The molecule has 0 aromatic rings. The van der Waals surface area contributed by atoms with Crippen LogP contribution in [-0.4, -0.2) is 110 Å². The van der Waals surface area contributed by atoms with Gasteiger partial charge in [-0.05, 0) is 61.6 Å². The fourth-order valence-corrected chi connectivity index (χ4v) is 4.13. The van der Waals surface area contributed by atoms with Gasteiger partial charge in [0, 0.05) is 69.5 Å². The molecule has 0 N–H and O–H groups in total. The van der Waals surface area contributed by atoms with E-state index in [9.17, 15) is 0 Å². The molecule has 5 nitrogen and oxygen atoms in total. The van der Waals surface area contributed by atoms with Gasteiger partial charge in [0.1, 0.15) is 0 Å². The summed E-state index contributed by atoms with van der Waals surface area (Å²) in [4.78, 5) is 10.2. The van der Waals surface area contributed by atoms with Crippen LogP contribution in [0.4, 0.5) is 0 Å². The number of likely N-dealkylation sites (N-methyl/N-ethyl adjacent to an activating group) is 1. The zero-order chi connectivity index (χ0) is 19.4. The predicted octanol–water partition coefficient (Wildman–Crippen LogP) is 2.22. The third-order valence-electron chi connectivity index (χ3n) is 6.48. The summed E-state index contributed by atoms with van der Waals surface area (Å²) in [6.45, 7) is 21.6. The Morgan fingerprint density at radius 2 is 1.54 bits per heavy atom. The van der Waals surface area contributed by atoms with Gasteiger partial charge in [-0.1, -0.05) is 0 Å². The van der Waals surface area contributed by atoms with Crippen LogP contribution in [0.3, 0.4) is 0 Å². The quantitative estimate of drug-likeness (QED) is 0.611. The van der Waals surface area contributed by atoms with E-state index in [0.29, 0.717) is 11.6 Å². The summed E-state index contributed by atoms with van der Waals surface area (Å²) < 4.78 is 6.01. The standard InChI is InChI=1S/C21H44N4O/c1-20(2,3)24-13-11-23(12-14-24)15-17-26-16-9-21(4,5)25-10-8-19(18-25)22(6)7/h19H,8-18H2,1-7H3. The van der Waals surface area contributed by atoms with Crippen LogP contribution < -0.4 is 0 Å². The fourth-order valence-electron chi connectivity index (χ4n) is 4.13. The Morgan fingerprint density at radius 1 is 0.885 bits per heavy atom. The minimum atomic E-state index is 0.239. The topological polar surface area (TPSA) is 22.2 Å². The molecular formula is C21H44N4O. The zero-order valence-electron chi connectivity index (χ0n) is 18.6. The van der Waals surface area contributed by atoms with E-state index in [2.05, 4.69) is 68.3 Å². The number of hydrogen-bond acceptors (Lipinski definition) is 5. The highest BCUT2D eigenvalue weighted by atomic mass is 16.5. The van der Waals surface area contributed by atoms with Crippen molar-refractivity contribution in [3.8, 4) is 0 Å². The first-order chi connectivity index (χ1) is 12.1. The second-order valence-corrected chi connectivity index (χ2v) is 10.0. The Kier molecular flexibility index (Phi) is 7.93. The molecule has 2 aliphatic rings. The Hall–Kier alpha value is -0.200. The maximum Gasteiger partial charge on any atom is 0.0593 e. The van der Waals surface area contributed by atoms with E-state index in [1.165, 1.54) is 45.7 Å². The van der Waals surface area contributed by atoms with Crippen molar-refractivity contribution in [3.05, 3.63) is 0 Å². The minimum absolute atomic E-state index is 0.239.